The van der Waals surface area contributed by atoms with Crippen molar-refractivity contribution in [2.24, 2.45) is 0 Å². The van der Waals surface area contributed by atoms with Gasteiger partial charge >= 0.3 is 0 Å². The van der Waals surface area contributed by atoms with Crippen LogP contribution in [0.2, 0.25) is 0 Å². The van der Waals surface area contributed by atoms with Gasteiger partial charge in [0, 0.05) is 31.3 Å². The summed E-state index contributed by atoms with van der Waals surface area (Å²) < 4.78 is 32.7. The highest BCUT2D eigenvalue weighted by Gasteiger charge is 2.28. The molecule has 0 radical (unpaired) electrons. The first-order chi connectivity index (χ1) is 11.0. The average Bonchev–Trinajstić information content (AvgIpc) is 3.05. The highest BCUT2D eigenvalue weighted by molar-refractivity contribution is 7.89. The first kappa shape index (κ1) is 16.2. The van der Waals surface area contributed by atoms with E-state index in [1.165, 1.54) is 16.4 Å². The smallest absolute Gasteiger partial charge is 0.248 e. The Bertz CT molecular complexity index is 854. The van der Waals surface area contributed by atoms with E-state index in [1.54, 1.807) is 18.2 Å². The van der Waals surface area contributed by atoms with Crippen LogP contribution in [-0.2, 0) is 14.8 Å². The zero-order valence-corrected chi connectivity index (χ0v) is 13.8. The van der Waals surface area contributed by atoms with E-state index >= 15 is 0 Å². The number of H-pyrrole nitrogens is 1. The summed E-state index contributed by atoms with van der Waals surface area (Å²) in [7, 11) is -3.58. The maximum Gasteiger partial charge on any atom is 0.248 e. The number of benzene rings is 1. The van der Waals surface area contributed by atoms with E-state index in [2.05, 4.69) is 4.98 Å². The summed E-state index contributed by atoms with van der Waals surface area (Å²) >= 11 is 0. The van der Waals surface area contributed by atoms with Gasteiger partial charge < -0.3 is 9.72 Å². The van der Waals surface area contributed by atoms with E-state index in [4.69, 9.17) is 4.74 Å². The number of hydrogen-bond acceptors (Lipinski definition) is 4. The summed E-state index contributed by atoms with van der Waals surface area (Å²) in [4.78, 5) is 14.2. The van der Waals surface area contributed by atoms with E-state index in [9.17, 15) is 13.2 Å². The van der Waals surface area contributed by atoms with E-state index in [0.29, 0.717) is 30.6 Å². The molecular weight excluding hydrogens is 316 g/mol. The molecule has 2 aromatic rings. The van der Waals surface area contributed by atoms with Crippen molar-refractivity contribution in [3.05, 3.63) is 40.7 Å². The third kappa shape index (κ3) is 3.31. The highest BCUT2D eigenvalue weighted by atomic mass is 32.2. The van der Waals surface area contributed by atoms with Crippen molar-refractivity contribution >= 4 is 20.9 Å². The van der Waals surface area contributed by atoms with Crippen LogP contribution >= 0.6 is 0 Å². The summed E-state index contributed by atoms with van der Waals surface area (Å²) in [5.41, 5.74) is 0.417. The van der Waals surface area contributed by atoms with Crippen LogP contribution in [0.1, 0.15) is 19.8 Å². The molecule has 3 rings (SSSR count). The quantitative estimate of drug-likeness (QED) is 0.901. The molecule has 0 saturated carbocycles. The molecule has 1 N–H and O–H groups in total. The maximum absolute atomic E-state index is 12.9. The number of likely N-dealkylation sites (N-methyl/N-ethyl adjacent to an activating group) is 1. The summed E-state index contributed by atoms with van der Waals surface area (Å²) in [6.45, 7) is 3.30. The fourth-order valence-electron chi connectivity index (χ4n) is 2.85. The van der Waals surface area contributed by atoms with Crippen LogP contribution in [0, 0.1) is 0 Å². The van der Waals surface area contributed by atoms with Crippen molar-refractivity contribution in [1.82, 2.24) is 9.29 Å². The second kappa shape index (κ2) is 6.43. The Kier molecular flexibility index (Phi) is 4.52. The van der Waals surface area contributed by atoms with Gasteiger partial charge in [-0.3, -0.25) is 4.79 Å². The third-order valence-corrected chi connectivity index (χ3v) is 6.05. The van der Waals surface area contributed by atoms with Gasteiger partial charge in [-0.15, -0.1) is 0 Å². The number of fused-ring (bicyclic) bond motifs is 1. The topological polar surface area (TPSA) is 79.5 Å². The van der Waals surface area contributed by atoms with Crippen LogP contribution < -0.4 is 5.56 Å². The third-order valence-electron chi connectivity index (χ3n) is 4.12. The number of aromatic nitrogens is 1. The zero-order chi connectivity index (χ0) is 16.4. The zero-order valence-electron chi connectivity index (χ0n) is 13.0. The lowest BCUT2D eigenvalue weighted by atomic mass is 10.2. The van der Waals surface area contributed by atoms with Crippen molar-refractivity contribution in [3.63, 3.8) is 0 Å². The first-order valence-electron chi connectivity index (χ1n) is 7.75. The fraction of sp³-hybridized carbons (Fsp3) is 0.438. The molecule has 1 saturated heterocycles. The summed E-state index contributed by atoms with van der Waals surface area (Å²) in [5, 5.41) is 0.693. The highest BCUT2D eigenvalue weighted by Crippen LogP contribution is 2.22. The summed E-state index contributed by atoms with van der Waals surface area (Å²) in [6.07, 6.45) is 1.85. The predicted molar refractivity (Wildman–Crippen MR) is 88.0 cm³/mol. The Labute approximate surface area is 135 Å². The normalized spacial score (nSPS) is 18.8. The van der Waals surface area contributed by atoms with Crippen molar-refractivity contribution in [1.29, 1.82) is 0 Å². The molecule has 1 unspecified atom stereocenters. The van der Waals surface area contributed by atoms with Crippen LogP contribution in [0.3, 0.4) is 0 Å². The average molecular weight is 336 g/mol. The lowest BCUT2D eigenvalue weighted by Gasteiger charge is -2.23. The number of ether oxygens (including phenoxy) is 1. The molecule has 1 aliphatic rings. The van der Waals surface area contributed by atoms with Crippen LogP contribution in [0.4, 0.5) is 0 Å². The van der Waals surface area contributed by atoms with Crippen LogP contribution in [0.25, 0.3) is 10.9 Å². The molecule has 1 aliphatic heterocycles. The van der Waals surface area contributed by atoms with Crippen molar-refractivity contribution in [3.8, 4) is 0 Å². The molecule has 6 nitrogen and oxygen atoms in total. The number of nitrogens with zero attached hydrogens (tertiary/aromatic N) is 1. The molecule has 0 amide bonds. The largest absolute Gasteiger partial charge is 0.377 e. The van der Waals surface area contributed by atoms with Gasteiger partial charge in [-0.05, 0) is 42.5 Å². The monoisotopic (exact) mass is 336 g/mol. The van der Waals surface area contributed by atoms with E-state index < -0.39 is 10.0 Å². The van der Waals surface area contributed by atoms with Crippen molar-refractivity contribution in [2.45, 2.75) is 30.8 Å². The second-order valence-corrected chi connectivity index (χ2v) is 7.60. The number of rotatable bonds is 5. The molecule has 23 heavy (non-hydrogen) atoms. The van der Waals surface area contributed by atoms with Gasteiger partial charge in [-0.25, -0.2) is 8.42 Å². The van der Waals surface area contributed by atoms with Crippen molar-refractivity contribution < 1.29 is 13.2 Å². The molecule has 0 spiro atoms. The minimum Gasteiger partial charge on any atom is -0.377 e. The van der Waals surface area contributed by atoms with Gasteiger partial charge in [0.05, 0.1) is 11.0 Å². The molecule has 124 valence electrons. The van der Waals surface area contributed by atoms with Crippen LogP contribution in [0.15, 0.2) is 40.0 Å². The molecule has 1 fully saturated rings. The van der Waals surface area contributed by atoms with Gasteiger partial charge in [0.15, 0.2) is 0 Å². The number of pyridine rings is 1. The lowest BCUT2D eigenvalue weighted by Crippen LogP contribution is -2.37. The molecule has 0 bridgehead atoms. The van der Waals surface area contributed by atoms with Crippen LogP contribution in [-0.4, -0.2) is 43.5 Å². The molecule has 1 aromatic carbocycles. The fourth-order valence-corrected chi connectivity index (χ4v) is 4.37. The van der Waals surface area contributed by atoms with E-state index in [0.717, 1.165) is 12.8 Å². The standard InChI is InChI=1S/C16H20N2O4S/c1-2-18(11-13-4-3-9-22-13)23(20,21)14-6-7-15-12(10-14)5-8-16(19)17-15/h5-8,10,13H,2-4,9,11H2,1H3,(H,17,19). The van der Waals surface area contributed by atoms with Gasteiger partial charge in [0.25, 0.3) is 0 Å². The Balaban J connectivity index is 1.93. The molecule has 7 heteroatoms. The Morgan fingerprint density at radius 2 is 2.13 bits per heavy atom. The molecule has 1 atom stereocenters. The number of sulfonamides is 1. The Hall–Kier alpha value is -1.70. The summed E-state index contributed by atoms with van der Waals surface area (Å²) in [5.74, 6) is 0. The predicted octanol–water partition coefficient (Wildman–Crippen LogP) is 1.72. The van der Waals surface area contributed by atoms with Gasteiger partial charge in [-0.2, -0.15) is 4.31 Å². The van der Waals surface area contributed by atoms with Crippen LogP contribution in [0.5, 0.6) is 0 Å². The number of nitrogens with one attached hydrogen (secondary N) is 1. The van der Waals surface area contributed by atoms with E-state index in [-0.39, 0.29) is 16.6 Å². The lowest BCUT2D eigenvalue weighted by molar-refractivity contribution is 0.0947. The number of aromatic amines is 1. The van der Waals surface area contributed by atoms with E-state index in [1.807, 2.05) is 6.92 Å². The summed E-state index contributed by atoms with van der Waals surface area (Å²) in [6, 6.07) is 7.78. The van der Waals surface area contributed by atoms with Gasteiger partial charge in [0.1, 0.15) is 0 Å². The Morgan fingerprint density at radius 3 is 2.83 bits per heavy atom. The maximum atomic E-state index is 12.9. The van der Waals surface area contributed by atoms with Gasteiger partial charge in [-0.1, -0.05) is 6.92 Å². The first-order valence-corrected chi connectivity index (χ1v) is 9.19. The minimum atomic E-state index is -3.58. The Morgan fingerprint density at radius 1 is 1.30 bits per heavy atom. The molecule has 1 aromatic heterocycles. The van der Waals surface area contributed by atoms with Gasteiger partial charge in [0.2, 0.25) is 15.6 Å². The number of hydrogen-bond donors (Lipinski definition) is 1. The SMILES string of the molecule is CCN(CC1CCCO1)S(=O)(=O)c1ccc2[nH]c(=O)ccc2c1. The molecule has 2 heterocycles. The van der Waals surface area contributed by atoms with Crippen molar-refractivity contribution in [2.75, 3.05) is 19.7 Å². The second-order valence-electron chi connectivity index (χ2n) is 5.66. The minimum absolute atomic E-state index is 0.0264. The molecular formula is C16H20N2O4S. The molecule has 0 aliphatic carbocycles.